The smallest absolute Gasteiger partial charge is 0.234 e. The lowest BCUT2D eigenvalue weighted by Crippen LogP contribution is -2.50. The summed E-state index contributed by atoms with van der Waals surface area (Å²) in [5, 5.41) is 12.0. The quantitative estimate of drug-likeness (QED) is 0.681. The van der Waals surface area contributed by atoms with Crippen molar-refractivity contribution in [3.05, 3.63) is 0 Å². The third-order valence-corrected chi connectivity index (χ3v) is 5.19. The Morgan fingerprint density at radius 2 is 2.16 bits per heavy atom. The number of amides is 1. The Kier molecular flexibility index (Phi) is 5.34. The zero-order valence-electron chi connectivity index (χ0n) is 11.8. The molecular weight excluding hydrogens is 268 g/mol. The van der Waals surface area contributed by atoms with Crippen LogP contribution in [0.4, 0.5) is 0 Å². The van der Waals surface area contributed by atoms with Crippen LogP contribution >= 0.6 is 0 Å². The van der Waals surface area contributed by atoms with Crippen LogP contribution in [-0.2, 0) is 14.6 Å². The van der Waals surface area contributed by atoms with E-state index in [0.29, 0.717) is 19.4 Å². The zero-order chi connectivity index (χ0) is 14.7. The molecule has 0 aromatic rings. The lowest BCUT2D eigenvalue weighted by atomic mass is 10.0. The number of nitrogens with one attached hydrogen (secondary N) is 1. The van der Waals surface area contributed by atoms with Crippen molar-refractivity contribution in [2.24, 2.45) is 0 Å². The van der Waals surface area contributed by atoms with Crippen molar-refractivity contribution in [1.29, 1.82) is 0 Å². The van der Waals surface area contributed by atoms with Gasteiger partial charge in [-0.05, 0) is 33.7 Å². The first-order valence-electron chi connectivity index (χ1n) is 6.50. The molecule has 1 fully saturated rings. The van der Waals surface area contributed by atoms with Crippen molar-refractivity contribution in [1.82, 2.24) is 10.2 Å². The van der Waals surface area contributed by atoms with Crippen molar-refractivity contribution in [3.63, 3.8) is 0 Å². The molecule has 0 aromatic heterocycles. The summed E-state index contributed by atoms with van der Waals surface area (Å²) in [5.41, 5.74) is -0.638. The molecule has 1 heterocycles. The van der Waals surface area contributed by atoms with Crippen LogP contribution in [0.1, 0.15) is 26.7 Å². The fraction of sp³-hybridized carbons (Fsp3) is 0.917. The van der Waals surface area contributed by atoms with E-state index in [9.17, 15) is 13.2 Å². The molecule has 0 bridgehead atoms. The van der Waals surface area contributed by atoms with Crippen LogP contribution in [0.15, 0.2) is 0 Å². The van der Waals surface area contributed by atoms with Gasteiger partial charge >= 0.3 is 0 Å². The van der Waals surface area contributed by atoms with E-state index < -0.39 is 15.4 Å². The number of hydrogen-bond acceptors (Lipinski definition) is 5. The summed E-state index contributed by atoms with van der Waals surface area (Å²) >= 11 is 0. The predicted octanol–water partition coefficient (Wildman–Crippen LogP) is -0.617. The first kappa shape index (κ1) is 16.4. The highest BCUT2D eigenvalue weighted by molar-refractivity contribution is 7.91. The fourth-order valence-electron chi connectivity index (χ4n) is 2.22. The highest BCUT2D eigenvalue weighted by Gasteiger charge is 2.39. The molecule has 0 radical (unpaired) electrons. The summed E-state index contributed by atoms with van der Waals surface area (Å²) in [6, 6.07) is 0. The Hall–Kier alpha value is -0.660. The number of rotatable bonds is 6. The van der Waals surface area contributed by atoms with Gasteiger partial charge in [0.15, 0.2) is 9.84 Å². The van der Waals surface area contributed by atoms with Gasteiger partial charge in [-0.25, -0.2) is 8.42 Å². The molecular formula is C12H24N2O4S. The molecule has 1 amide bonds. The second-order valence-corrected chi connectivity index (χ2v) is 8.01. The molecule has 1 rings (SSSR count). The van der Waals surface area contributed by atoms with Gasteiger partial charge in [0, 0.05) is 6.54 Å². The van der Waals surface area contributed by atoms with E-state index in [1.165, 1.54) is 0 Å². The SMILES string of the molecule is CC(O)CCN(C)CC(=O)NC1(C)CCS(=O)(=O)C1. The third-order valence-electron chi connectivity index (χ3n) is 3.29. The Morgan fingerprint density at radius 1 is 1.53 bits per heavy atom. The van der Waals surface area contributed by atoms with Gasteiger partial charge in [0.05, 0.1) is 29.7 Å². The number of hydrogen-bond donors (Lipinski definition) is 2. The molecule has 2 unspecified atom stereocenters. The number of likely N-dealkylation sites (N-methyl/N-ethyl adjacent to an activating group) is 1. The zero-order valence-corrected chi connectivity index (χ0v) is 12.7. The van der Waals surface area contributed by atoms with Crippen LogP contribution in [0, 0.1) is 0 Å². The summed E-state index contributed by atoms with van der Waals surface area (Å²) in [6.45, 7) is 4.31. The molecule has 0 saturated carbocycles. The van der Waals surface area contributed by atoms with Crippen molar-refractivity contribution in [3.8, 4) is 0 Å². The molecule has 7 heteroatoms. The van der Waals surface area contributed by atoms with Gasteiger partial charge in [-0.1, -0.05) is 0 Å². The van der Waals surface area contributed by atoms with Gasteiger partial charge in [0.1, 0.15) is 0 Å². The van der Waals surface area contributed by atoms with E-state index in [2.05, 4.69) is 5.32 Å². The number of nitrogens with zero attached hydrogens (tertiary/aromatic N) is 1. The van der Waals surface area contributed by atoms with Crippen LogP contribution in [0.2, 0.25) is 0 Å². The van der Waals surface area contributed by atoms with E-state index in [0.717, 1.165) is 0 Å². The topological polar surface area (TPSA) is 86.7 Å². The molecule has 6 nitrogen and oxygen atoms in total. The van der Waals surface area contributed by atoms with Crippen LogP contribution in [0.25, 0.3) is 0 Å². The van der Waals surface area contributed by atoms with Crippen LogP contribution < -0.4 is 5.32 Å². The second kappa shape index (κ2) is 6.19. The number of aliphatic hydroxyl groups is 1. The Bertz CT molecular complexity index is 421. The highest BCUT2D eigenvalue weighted by Crippen LogP contribution is 2.22. The molecule has 1 saturated heterocycles. The van der Waals surface area contributed by atoms with Crippen LogP contribution in [0.3, 0.4) is 0 Å². The fourth-order valence-corrected chi connectivity index (χ4v) is 4.31. The Balaban J connectivity index is 2.39. The molecule has 0 aromatic carbocycles. The van der Waals surface area contributed by atoms with E-state index in [-0.39, 0.29) is 30.1 Å². The molecule has 2 N–H and O–H groups in total. The lowest BCUT2D eigenvalue weighted by molar-refractivity contribution is -0.123. The van der Waals surface area contributed by atoms with E-state index in [1.807, 2.05) is 4.90 Å². The number of aliphatic hydroxyl groups excluding tert-OH is 1. The van der Waals surface area contributed by atoms with Crippen molar-refractivity contribution < 1.29 is 18.3 Å². The summed E-state index contributed by atoms with van der Waals surface area (Å²) in [5.74, 6) is -0.0159. The van der Waals surface area contributed by atoms with Crippen LogP contribution in [0.5, 0.6) is 0 Å². The molecule has 1 aliphatic rings. The van der Waals surface area contributed by atoms with E-state index in [4.69, 9.17) is 5.11 Å². The maximum atomic E-state index is 11.9. The summed E-state index contributed by atoms with van der Waals surface area (Å²) in [4.78, 5) is 13.7. The van der Waals surface area contributed by atoms with Crippen LogP contribution in [-0.4, -0.2) is 67.6 Å². The Morgan fingerprint density at radius 3 is 2.63 bits per heavy atom. The van der Waals surface area contributed by atoms with E-state index in [1.54, 1.807) is 20.9 Å². The average molecular weight is 292 g/mol. The minimum atomic E-state index is -3.01. The second-order valence-electron chi connectivity index (χ2n) is 5.83. The molecule has 0 spiro atoms. The van der Waals surface area contributed by atoms with E-state index >= 15 is 0 Å². The summed E-state index contributed by atoms with van der Waals surface area (Å²) in [6.07, 6.45) is 0.691. The maximum absolute atomic E-state index is 11.9. The highest BCUT2D eigenvalue weighted by atomic mass is 32.2. The summed E-state index contributed by atoms with van der Waals surface area (Å²) in [7, 11) is -1.21. The maximum Gasteiger partial charge on any atom is 0.234 e. The van der Waals surface area contributed by atoms with Gasteiger partial charge < -0.3 is 10.4 Å². The molecule has 1 aliphatic heterocycles. The molecule has 112 valence electrons. The first-order valence-corrected chi connectivity index (χ1v) is 8.32. The monoisotopic (exact) mass is 292 g/mol. The van der Waals surface area contributed by atoms with Gasteiger partial charge in [-0.15, -0.1) is 0 Å². The minimum absolute atomic E-state index is 0.0170. The van der Waals surface area contributed by atoms with Gasteiger partial charge in [0.25, 0.3) is 0 Å². The van der Waals surface area contributed by atoms with Crippen molar-refractivity contribution >= 4 is 15.7 Å². The largest absolute Gasteiger partial charge is 0.393 e. The van der Waals surface area contributed by atoms with Gasteiger partial charge in [0.2, 0.25) is 5.91 Å². The number of carbonyl (C=O) groups is 1. The average Bonchev–Trinajstić information content (AvgIpc) is 2.49. The molecule has 19 heavy (non-hydrogen) atoms. The van der Waals surface area contributed by atoms with Gasteiger partial charge in [-0.3, -0.25) is 9.69 Å². The Labute approximate surface area is 115 Å². The standard InChI is InChI=1S/C12H24N2O4S/c1-10(15)4-6-14(3)8-11(16)13-12(2)5-7-19(17,18)9-12/h10,15H,4-9H2,1-3H3,(H,13,16). The molecule has 2 atom stereocenters. The third kappa shape index (κ3) is 5.88. The minimum Gasteiger partial charge on any atom is -0.393 e. The lowest BCUT2D eigenvalue weighted by Gasteiger charge is -2.25. The van der Waals surface area contributed by atoms with Gasteiger partial charge in [-0.2, -0.15) is 0 Å². The van der Waals surface area contributed by atoms with Crippen molar-refractivity contribution in [2.75, 3.05) is 31.6 Å². The normalized spacial score (nSPS) is 27.4. The first-order chi connectivity index (χ1) is 8.62. The predicted molar refractivity (Wildman–Crippen MR) is 73.6 cm³/mol. The molecule has 0 aliphatic carbocycles. The van der Waals surface area contributed by atoms with Crippen molar-refractivity contribution in [2.45, 2.75) is 38.3 Å². The number of sulfone groups is 1. The summed E-state index contributed by atoms with van der Waals surface area (Å²) < 4.78 is 22.9. The number of carbonyl (C=O) groups excluding carboxylic acids is 1.